The lowest BCUT2D eigenvalue weighted by molar-refractivity contribution is -0.140. The van der Waals surface area contributed by atoms with Crippen molar-refractivity contribution in [1.82, 2.24) is 0 Å². The van der Waals surface area contributed by atoms with Crippen molar-refractivity contribution < 1.29 is 23.4 Å². The molecule has 0 bridgehead atoms. The van der Waals surface area contributed by atoms with Crippen molar-refractivity contribution in [2.45, 2.75) is 26.3 Å². The Labute approximate surface area is 152 Å². The van der Waals surface area contributed by atoms with Crippen LogP contribution in [0.3, 0.4) is 0 Å². The lowest BCUT2D eigenvalue weighted by atomic mass is 9.85. The maximum absolute atomic E-state index is 12.9. The first kappa shape index (κ1) is 18.6. The molecule has 2 aliphatic heterocycles. The fourth-order valence-corrected chi connectivity index (χ4v) is 4.28. The van der Waals surface area contributed by atoms with Crippen molar-refractivity contribution in [3.05, 3.63) is 40.8 Å². The van der Waals surface area contributed by atoms with Crippen LogP contribution in [0.4, 0.5) is 5.69 Å². The topological polar surface area (TPSA) is 98.6 Å². The number of carbonyl (C=O) groups is 2. The van der Waals surface area contributed by atoms with Crippen LogP contribution in [0.2, 0.25) is 0 Å². The summed E-state index contributed by atoms with van der Waals surface area (Å²) in [5.41, 5.74) is -0.109. The molecule has 1 aromatic rings. The number of ether oxygens (including phenoxy) is 1. The van der Waals surface area contributed by atoms with Crippen molar-refractivity contribution in [2.75, 3.05) is 25.1 Å². The first-order valence-electron chi connectivity index (χ1n) is 8.41. The molecule has 1 unspecified atom stereocenters. The quantitative estimate of drug-likeness (QED) is 0.580. The number of hydrogen-bond acceptors (Lipinski definition) is 7. The standard InChI is InChI=1S/C17H20N3O5P/c1-4-23-15(21)13-14(26(24-5-2)25-6-3)19-20-17(13)11-9-7-8-10-12(11)18-16(17)22/h7-10H,4-6H2,1-3H3,(H,18,22). The van der Waals surface area contributed by atoms with Crippen molar-refractivity contribution in [1.29, 1.82) is 0 Å². The van der Waals surface area contributed by atoms with Gasteiger partial charge < -0.3 is 19.1 Å². The Morgan fingerprint density at radius 2 is 1.85 bits per heavy atom. The molecule has 9 heteroatoms. The van der Waals surface area contributed by atoms with Gasteiger partial charge in [-0.1, -0.05) is 18.2 Å². The number of hydrogen-bond donors (Lipinski definition) is 1. The van der Waals surface area contributed by atoms with Crippen LogP contribution >= 0.6 is 8.38 Å². The molecule has 2 heterocycles. The molecule has 1 amide bonds. The van der Waals surface area contributed by atoms with E-state index in [1.165, 1.54) is 0 Å². The van der Waals surface area contributed by atoms with Gasteiger partial charge in [-0.25, -0.2) is 4.79 Å². The minimum atomic E-state index is -1.66. The van der Waals surface area contributed by atoms with Crippen LogP contribution in [-0.2, 0) is 28.9 Å². The predicted octanol–water partition coefficient (Wildman–Crippen LogP) is 3.46. The summed E-state index contributed by atoms with van der Waals surface area (Å²) in [6, 6.07) is 7.08. The van der Waals surface area contributed by atoms with Crippen LogP contribution in [0.25, 0.3) is 0 Å². The second-order valence-corrected chi connectivity index (χ2v) is 6.88. The monoisotopic (exact) mass is 377 g/mol. The fourth-order valence-electron chi connectivity index (χ4n) is 2.94. The van der Waals surface area contributed by atoms with Gasteiger partial charge in [0.05, 0.1) is 19.8 Å². The number of benzene rings is 1. The van der Waals surface area contributed by atoms with Gasteiger partial charge in [-0.05, 0) is 26.8 Å². The maximum Gasteiger partial charge on any atom is 0.339 e. The summed E-state index contributed by atoms with van der Waals surface area (Å²) in [7, 11) is -1.66. The molecule has 2 aliphatic rings. The molecule has 3 rings (SSSR count). The third kappa shape index (κ3) is 2.84. The molecular weight excluding hydrogens is 357 g/mol. The third-order valence-electron chi connectivity index (χ3n) is 3.92. The molecule has 0 radical (unpaired) electrons. The summed E-state index contributed by atoms with van der Waals surface area (Å²) < 4.78 is 16.5. The highest BCUT2D eigenvalue weighted by Crippen LogP contribution is 2.58. The first-order valence-corrected chi connectivity index (χ1v) is 9.59. The molecule has 1 aromatic carbocycles. The van der Waals surface area contributed by atoms with Gasteiger partial charge >= 0.3 is 5.97 Å². The molecule has 1 N–H and O–H groups in total. The summed E-state index contributed by atoms with van der Waals surface area (Å²) in [6.45, 7) is 6.24. The van der Waals surface area contributed by atoms with E-state index in [0.717, 1.165) is 0 Å². The molecule has 0 fully saturated rings. The number of fused-ring (bicyclic) bond motifs is 2. The van der Waals surface area contributed by atoms with E-state index in [9.17, 15) is 9.59 Å². The number of azo groups is 1. The van der Waals surface area contributed by atoms with E-state index in [2.05, 4.69) is 15.5 Å². The highest BCUT2D eigenvalue weighted by molar-refractivity contribution is 7.52. The molecule has 26 heavy (non-hydrogen) atoms. The number of esters is 1. The highest BCUT2D eigenvalue weighted by Gasteiger charge is 2.58. The molecule has 138 valence electrons. The molecule has 1 spiro atoms. The van der Waals surface area contributed by atoms with E-state index in [1.54, 1.807) is 31.2 Å². The van der Waals surface area contributed by atoms with E-state index >= 15 is 0 Å². The smallest absolute Gasteiger partial charge is 0.339 e. The number of amides is 1. The summed E-state index contributed by atoms with van der Waals surface area (Å²) in [6.07, 6.45) is 0. The Balaban J connectivity index is 2.19. The third-order valence-corrected chi connectivity index (χ3v) is 5.56. The maximum atomic E-state index is 12.9. The number of nitrogens with one attached hydrogen (secondary N) is 1. The number of anilines is 1. The van der Waals surface area contributed by atoms with Gasteiger partial charge in [-0.3, -0.25) is 4.79 Å². The van der Waals surface area contributed by atoms with E-state index in [1.807, 2.05) is 13.8 Å². The molecule has 1 atom stereocenters. The van der Waals surface area contributed by atoms with E-state index in [0.29, 0.717) is 24.5 Å². The summed E-state index contributed by atoms with van der Waals surface area (Å²) in [5.74, 6) is -1.09. The number of rotatable bonds is 7. The van der Waals surface area contributed by atoms with E-state index in [4.69, 9.17) is 13.8 Å². The first-order chi connectivity index (χ1) is 12.6. The van der Waals surface area contributed by atoms with E-state index in [-0.39, 0.29) is 17.6 Å². The normalized spacial score (nSPS) is 20.8. The van der Waals surface area contributed by atoms with Crippen LogP contribution < -0.4 is 5.32 Å². The van der Waals surface area contributed by atoms with Gasteiger partial charge in [0, 0.05) is 11.3 Å². The van der Waals surface area contributed by atoms with Crippen LogP contribution in [0.1, 0.15) is 26.3 Å². The molecule has 0 aromatic heterocycles. The number of carbonyl (C=O) groups excluding carboxylic acids is 2. The van der Waals surface area contributed by atoms with Crippen molar-refractivity contribution in [3.63, 3.8) is 0 Å². The van der Waals surface area contributed by atoms with Crippen LogP contribution in [-0.4, -0.2) is 31.7 Å². The SMILES string of the molecule is CCOC(=O)C1=C(P(OCC)OCC)N=NC12C(=O)Nc1ccccc12. The zero-order valence-corrected chi connectivity index (χ0v) is 15.7. The molecule has 0 saturated carbocycles. The Bertz CT molecular complexity index is 788. The lowest BCUT2D eigenvalue weighted by Crippen LogP contribution is -2.37. The summed E-state index contributed by atoms with van der Waals surface area (Å²) in [5, 5.41) is 11.2. The predicted molar refractivity (Wildman–Crippen MR) is 95.4 cm³/mol. The highest BCUT2D eigenvalue weighted by atomic mass is 31.2. The molecular formula is C17H20N3O5P. The van der Waals surface area contributed by atoms with Crippen LogP contribution in [0.5, 0.6) is 0 Å². The Morgan fingerprint density at radius 1 is 1.15 bits per heavy atom. The second kappa shape index (κ2) is 7.61. The average Bonchev–Trinajstić information content (AvgIpc) is 3.15. The van der Waals surface area contributed by atoms with Gasteiger partial charge in [-0.2, -0.15) is 5.11 Å². The number of para-hydroxylation sites is 1. The van der Waals surface area contributed by atoms with Gasteiger partial charge in [0.1, 0.15) is 5.57 Å². The summed E-state index contributed by atoms with van der Waals surface area (Å²) >= 11 is 0. The van der Waals surface area contributed by atoms with Crippen LogP contribution in [0.15, 0.2) is 45.5 Å². The number of nitrogens with zero attached hydrogens (tertiary/aromatic N) is 2. The molecule has 0 aliphatic carbocycles. The largest absolute Gasteiger partial charge is 0.462 e. The minimum Gasteiger partial charge on any atom is -0.462 e. The van der Waals surface area contributed by atoms with Gasteiger partial charge in [0.15, 0.2) is 5.44 Å². The van der Waals surface area contributed by atoms with Gasteiger partial charge in [0.2, 0.25) is 13.9 Å². The molecule has 8 nitrogen and oxygen atoms in total. The van der Waals surface area contributed by atoms with Crippen molar-refractivity contribution in [3.8, 4) is 0 Å². The zero-order chi connectivity index (χ0) is 18.7. The summed E-state index contributed by atoms with van der Waals surface area (Å²) in [4.78, 5) is 25.7. The second-order valence-electron chi connectivity index (χ2n) is 5.42. The fraction of sp³-hybridized carbons (Fsp3) is 0.412. The van der Waals surface area contributed by atoms with Crippen molar-refractivity contribution >= 4 is 25.9 Å². The molecule has 0 saturated heterocycles. The van der Waals surface area contributed by atoms with E-state index < -0.39 is 25.8 Å². The van der Waals surface area contributed by atoms with Crippen LogP contribution in [0, 0.1) is 0 Å². The zero-order valence-electron chi connectivity index (χ0n) is 14.8. The Kier molecular flexibility index (Phi) is 5.46. The lowest BCUT2D eigenvalue weighted by Gasteiger charge is -2.21. The minimum absolute atomic E-state index is 0.0646. The van der Waals surface area contributed by atoms with Gasteiger partial charge in [0.25, 0.3) is 5.91 Å². The Hall–Kier alpha value is -2.15. The van der Waals surface area contributed by atoms with Gasteiger partial charge in [-0.15, -0.1) is 5.11 Å². The average molecular weight is 377 g/mol. The van der Waals surface area contributed by atoms with Crippen molar-refractivity contribution in [2.24, 2.45) is 10.2 Å². The Morgan fingerprint density at radius 3 is 2.50 bits per heavy atom.